The highest BCUT2D eigenvalue weighted by molar-refractivity contribution is 7.87. The van der Waals surface area contributed by atoms with Crippen molar-refractivity contribution < 1.29 is 40.0 Å². The molecule has 1 atom stereocenters. The van der Waals surface area contributed by atoms with Crippen molar-refractivity contribution in [2.75, 3.05) is 21.3 Å². The molecule has 28 heavy (non-hydrogen) atoms. The standard InChI is InChI=1S/C17H16ClF3O6S/c1-24-12-8-13(25-2)15(14(9-12)26-3)16(10-5-4-6-11(18)7-10)27-28(22,23)17(19,20)21/h4-9,16H,1-3H3. The van der Waals surface area contributed by atoms with Crippen LogP contribution in [0.2, 0.25) is 5.02 Å². The topological polar surface area (TPSA) is 71.1 Å². The van der Waals surface area contributed by atoms with Gasteiger partial charge in [0, 0.05) is 17.2 Å². The average molecular weight is 441 g/mol. The van der Waals surface area contributed by atoms with Gasteiger partial charge in [0.05, 0.1) is 26.9 Å². The first kappa shape index (κ1) is 22.1. The number of benzene rings is 2. The van der Waals surface area contributed by atoms with Crippen LogP contribution >= 0.6 is 11.6 Å². The molecule has 11 heteroatoms. The smallest absolute Gasteiger partial charge is 0.496 e. The van der Waals surface area contributed by atoms with E-state index in [0.29, 0.717) is 0 Å². The van der Waals surface area contributed by atoms with Gasteiger partial charge >= 0.3 is 15.6 Å². The molecule has 2 aromatic carbocycles. The third kappa shape index (κ3) is 4.62. The summed E-state index contributed by atoms with van der Waals surface area (Å²) >= 11 is 5.92. The molecule has 0 N–H and O–H groups in total. The SMILES string of the molecule is COc1cc(OC)c(C(OS(=O)(=O)C(F)(F)F)c2cccc(Cl)c2)c(OC)c1. The zero-order chi connectivity index (χ0) is 21.1. The van der Waals surface area contributed by atoms with Crippen molar-refractivity contribution in [3.05, 3.63) is 52.5 Å². The Morgan fingerprint density at radius 3 is 1.96 bits per heavy atom. The molecule has 0 saturated carbocycles. The molecular formula is C17H16ClF3O6S. The first-order chi connectivity index (χ1) is 13.0. The van der Waals surface area contributed by atoms with Crippen LogP contribution in [0, 0.1) is 0 Å². The Morgan fingerprint density at radius 1 is 0.964 bits per heavy atom. The molecule has 2 rings (SSSR count). The lowest BCUT2D eigenvalue weighted by Crippen LogP contribution is -2.28. The molecule has 6 nitrogen and oxygen atoms in total. The summed E-state index contributed by atoms with van der Waals surface area (Å²) in [5.41, 5.74) is -5.67. The second kappa shape index (κ2) is 8.46. The summed E-state index contributed by atoms with van der Waals surface area (Å²) in [7, 11) is -2.08. The maximum atomic E-state index is 13.0. The summed E-state index contributed by atoms with van der Waals surface area (Å²) in [5, 5.41) is 0.168. The van der Waals surface area contributed by atoms with Crippen molar-refractivity contribution in [1.82, 2.24) is 0 Å². The van der Waals surface area contributed by atoms with Gasteiger partial charge < -0.3 is 14.2 Å². The van der Waals surface area contributed by atoms with E-state index < -0.39 is 21.7 Å². The van der Waals surface area contributed by atoms with Gasteiger partial charge in [0.2, 0.25) is 0 Å². The molecule has 1 unspecified atom stereocenters. The van der Waals surface area contributed by atoms with E-state index in [0.717, 1.165) is 0 Å². The summed E-state index contributed by atoms with van der Waals surface area (Å²) in [6.45, 7) is 0. The lowest BCUT2D eigenvalue weighted by molar-refractivity contribution is -0.0563. The Hall–Kier alpha value is -2.17. The Kier molecular flexibility index (Phi) is 6.68. The van der Waals surface area contributed by atoms with E-state index in [-0.39, 0.29) is 33.4 Å². The number of hydrogen-bond acceptors (Lipinski definition) is 6. The van der Waals surface area contributed by atoms with Crippen LogP contribution in [0.25, 0.3) is 0 Å². The van der Waals surface area contributed by atoms with Gasteiger partial charge in [-0.15, -0.1) is 0 Å². The second-order valence-electron chi connectivity index (χ2n) is 5.38. The second-order valence-corrected chi connectivity index (χ2v) is 7.38. The van der Waals surface area contributed by atoms with Crippen molar-refractivity contribution in [2.45, 2.75) is 11.6 Å². The maximum absolute atomic E-state index is 13.0. The summed E-state index contributed by atoms with van der Waals surface area (Å²) < 4.78 is 82.5. The summed E-state index contributed by atoms with van der Waals surface area (Å²) in [5.74, 6) is 0.276. The van der Waals surface area contributed by atoms with Crippen molar-refractivity contribution in [3.8, 4) is 17.2 Å². The van der Waals surface area contributed by atoms with Crippen molar-refractivity contribution >= 4 is 21.7 Å². The minimum absolute atomic E-state index is 0.00134. The number of halogens is 4. The van der Waals surface area contributed by atoms with Crippen LogP contribution in [0.15, 0.2) is 36.4 Å². The summed E-state index contributed by atoms with van der Waals surface area (Å²) in [4.78, 5) is 0. The molecule has 0 bridgehead atoms. The molecule has 0 aliphatic rings. The third-order valence-electron chi connectivity index (χ3n) is 3.67. The largest absolute Gasteiger partial charge is 0.523 e. The van der Waals surface area contributed by atoms with E-state index in [2.05, 4.69) is 4.18 Å². The zero-order valence-electron chi connectivity index (χ0n) is 14.9. The Labute approximate surface area is 164 Å². The third-order valence-corrected chi connectivity index (χ3v) is 4.92. The minimum Gasteiger partial charge on any atom is -0.496 e. The number of alkyl halides is 3. The predicted octanol–water partition coefficient (Wildman–Crippen LogP) is 4.32. The Morgan fingerprint density at radius 2 is 1.54 bits per heavy atom. The molecule has 0 spiro atoms. The minimum atomic E-state index is -5.96. The Bertz CT molecular complexity index is 921. The van der Waals surface area contributed by atoms with Crippen molar-refractivity contribution in [3.63, 3.8) is 0 Å². The normalized spacial score (nSPS) is 13.1. The van der Waals surface area contributed by atoms with Crippen LogP contribution in [-0.2, 0) is 14.3 Å². The summed E-state index contributed by atoms with van der Waals surface area (Å²) in [6.07, 6.45) is -1.75. The van der Waals surface area contributed by atoms with Gasteiger partial charge in [-0.25, -0.2) is 4.18 Å². The molecule has 154 valence electrons. The molecule has 0 fully saturated rings. The maximum Gasteiger partial charge on any atom is 0.523 e. The fourth-order valence-corrected chi connectivity index (χ4v) is 3.18. The molecule has 0 radical (unpaired) electrons. The van der Waals surface area contributed by atoms with E-state index in [4.69, 9.17) is 25.8 Å². The quantitative estimate of drug-likeness (QED) is 0.471. The van der Waals surface area contributed by atoms with Gasteiger partial charge in [-0.2, -0.15) is 21.6 Å². The van der Waals surface area contributed by atoms with Gasteiger partial charge in [-0.1, -0.05) is 23.7 Å². The van der Waals surface area contributed by atoms with Gasteiger partial charge in [-0.05, 0) is 17.7 Å². The fourth-order valence-electron chi connectivity index (χ4n) is 2.41. The first-order valence-corrected chi connectivity index (χ1v) is 9.37. The summed E-state index contributed by atoms with van der Waals surface area (Å²) in [6, 6.07) is 8.28. The van der Waals surface area contributed by atoms with E-state index in [9.17, 15) is 21.6 Å². The molecule has 0 amide bonds. The van der Waals surface area contributed by atoms with Crippen LogP contribution in [0.4, 0.5) is 13.2 Å². The number of ether oxygens (including phenoxy) is 3. The Balaban J connectivity index is 2.76. The van der Waals surface area contributed by atoms with Crippen LogP contribution in [-0.4, -0.2) is 35.3 Å². The average Bonchev–Trinajstić information content (AvgIpc) is 2.64. The monoisotopic (exact) mass is 440 g/mol. The molecule has 0 aliphatic carbocycles. The van der Waals surface area contributed by atoms with Gasteiger partial charge in [0.15, 0.2) is 0 Å². The van der Waals surface area contributed by atoms with Crippen molar-refractivity contribution in [1.29, 1.82) is 0 Å². The predicted molar refractivity (Wildman–Crippen MR) is 95.5 cm³/mol. The highest BCUT2D eigenvalue weighted by Gasteiger charge is 2.49. The molecule has 0 saturated heterocycles. The van der Waals surface area contributed by atoms with E-state index in [1.807, 2.05) is 0 Å². The van der Waals surface area contributed by atoms with Crippen LogP contribution < -0.4 is 14.2 Å². The lowest BCUT2D eigenvalue weighted by Gasteiger charge is -2.24. The number of rotatable bonds is 7. The van der Waals surface area contributed by atoms with Gasteiger partial charge in [-0.3, -0.25) is 0 Å². The van der Waals surface area contributed by atoms with Crippen LogP contribution in [0.5, 0.6) is 17.2 Å². The van der Waals surface area contributed by atoms with E-state index in [1.54, 1.807) is 0 Å². The first-order valence-electron chi connectivity index (χ1n) is 7.59. The van der Waals surface area contributed by atoms with E-state index in [1.165, 1.54) is 57.7 Å². The van der Waals surface area contributed by atoms with Crippen LogP contribution in [0.3, 0.4) is 0 Å². The molecule has 2 aromatic rings. The zero-order valence-corrected chi connectivity index (χ0v) is 16.5. The molecule has 0 aromatic heterocycles. The highest BCUT2D eigenvalue weighted by atomic mass is 35.5. The number of hydrogen-bond donors (Lipinski definition) is 0. The fraction of sp³-hybridized carbons (Fsp3) is 0.294. The lowest BCUT2D eigenvalue weighted by atomic mass is 9.99. The molecule has 0 aliphatic heterocycles. The van der Waals surface area contributed by atoms with Crippen LogP contribution in [0.1, 0.15) is 17.2 Å². The van der Waals surface area contributed by atoms with Crippen molar-refractivity contribution in [2.24, 2.45) is 0 Å². The molecule has 0 heterocycles. The highest BCUT2D eigenvalue weighted by Crippen LogP contribution is 2.44. The molecular weight excluding hydrogens is 425 g/mol. The van der Waals surface area contributed by atoms with Gasteiger partial charge in [0.25, 0.3) is 0 Å². The van der Waals surface area contributed by atoms with E-state index >= 15 is 0 Å². The van der Waals surface area contributed by atoms with Gasteiger partial charge in [0.1, 0.15) is 23.4 Å². The number of methoxy groups -OCH3 is 3.